The maximum Gasteiger partial charge on any atom is 0.276 e. The molecule has 0 unspecified atom stereocenters. The SMILES string of the molecule is COc1ccc(/C=c2\sc3nnc(-c4ccc(OC)c(OC)c4)n3c2=O)cc1. The van der Waals surface area contributed by atoms with Gasteiger partial charge in [-0.1, -0.05) is 23.5 Å². The van der Waals surface area contributed by atoms with Crippen molar-refractivity contribution < 1.29 is 14.2 Å². The highest BCUT2D eigenvalue weighted by Gasteiger charge is 2.16. The van der Waals surface area contributed by atoms with Crippen LogP contribution in [0.25, 0.3) is 22.4 Å². The van der Waals surface area contributed by atoms with E-state index in [9.17, 15) is 4.79 Å². The predicted molar refractivity (Wildman–Crippen MR) is 107 cm³/mol. The first-order chi connectivity index (χ1) is 13.6. The van der Waals surface area contributed by atoms with Crippen molar-refractivity contribution in [2.45, 2.75) is 0 Å². The molecule has 0 saturated carbocycles. The summed E-state index contributed by atoms with van der Waals surface area (Å²) in [6, 6.07) is 12.9. The Kier molecular flexibility index (Phi) is 4.70. The number of fused-ring (bicyclic) bond motifs is 1. The lowest BCUT2D eigenvalue weighted by molar-refractivity contribution is 0.355. The van der Waals surface area contributed by atoms with E-state index < -0.39 is 0 Å². The first kappa shape index (κ1) is 18.0. The van der Waals surface area contributed by atoms with Crippen molar-refractivity contribution in [3.05, 3.63) is 62.9 Å². The molecule has 0 aliphatic heterocycles. The zero-order chi connectivity index (χ0) is 19.7. The number of hydrogen-bond acceptors (Lipinski definition) is 7. The first-order valence-corrected chi connectivity index (χ1v) is 9.22. The van der Waals surface area contributed by atoms with E-state index in [1.165, 1.54) is 15.7 Å². The minimum absolute atomic E-state index is 0.161. The van der Waals surface area contributed by atoms with Gasteiger partial charge in [0.15, 0.2) is 17.3 Å². The Bertz CT molecular complexity index is 1250. The molecule has 0 bridgehead atoms. The van der Waals surface area contributed by atoms with Crippen molar-refractivity contribution in [3.8, 4) is 28.6 Å². The van der Waals surface area contributed by atoms with E-state index in [0.717, 1.165) is 16.9 Å². The van der Waals surface area contributed by atoms with Gasteiger partial charge < -0.3 is 14.2 Å². The van der Waals surface area contributed by atoms with E-state index in [1.54, 1.807) is 33.5 Å². The lowest BCUT2D eigenvalue weighted by atomic mass is 10.2. The Hall–Kier alpha value is -3.39. The molecule has 0 saturated heterocycles. The smallest absolute Gasteiger partial charge is 0.276 e. The molecule has 4 aromatic rings. The summed E-state index contributed by atoms with van der Waals surface area (Å²) in [5.41, 5.74) is 1.46. The van der Waals surface area contributed by atoms with Gasteiger partial charge in [-0.3, -0.25) is 4.79 Å². The number of rotatable bonds is 5. The molecule has 28 heavy (non-hydrogen) atoms. The van der Waals surface area contributed by atoms with Gasteiger partial charge in [0, 0.05) is 5.56 Å². The molecular weight excluding hydrogens is 378 g/mol. The topological polar surface area (TPSA) is 75.0 Å². The number of thiazole rings is 1. The van der Waals surface area contributed by atoms with Gasteiger partial charge >= 0.3 is 0 Å². The van der Waals surface area contributed by atoms with Crippen LogP contribution in [0.3, 0.4) is 0 Å². The summed E-state index contributed by atoms with van der Waals surface area (Å²) in [4.78, 5) is 13.5. The van der Waals surface area contributed by atoms with Gasteiger partial charge in [-0.2, -0.15) is 0 Å². The lowest BCUT2D eigenvalue weighted by Crippen LogP contribution is -2.23. The van der Waals surface area contributed by atoms with Crippen molar-refractivity contribution in [1.29, 1.82) is 0 Å². The summed E-state index contributed by atoms with van der Waals surface area (Å²) < 4.78 is 17.9. The van der Waals surface area contributed by atoms with Crippen LogP contribution in [-0.2, 0) is 0 Å². The molecule has 8 heteroatoms. The van der Waals surface area contributed by atoms with Gasteiger partial charge in [0.25, 0.3) is 5.56 Å². The summed E-state index contributed by atoms with van der Waals surface area (Å²) in [7, 11) is 4.75. The summed E-state index contributed by atoms with van der Waals surface area (Å²) >= 11 is 1.30. The van der Waals surface area contributed by atoms with Crippen molar-refractivity contribution in [2.75, 3.05) is 21.3 Å². The van der Waals surface area contributed by atoms with E-state index in [-0.39, 0.29) is 5.56 Å². The second kappa shape index (κ2) is 7.32. The van der Waals surface area contributed by atoms with E-state index in [0.29, 0.717) is 26.8 Å². The fourth-order valence-corrected chi connectivity index (χ4v) is 3.79. The fourth-order valence-electron chi connectivity index (χ4n) is 2.88. The molecule has 4 rings (SSSR count). The summed E-state index contributed by atoms with van der Waals surface area (Å²) in [6.07, 6.45) is 1.83. The Morgan fingerprint density at radius 1 is 0.929 bits per heavy atom. The molecule has 2 heterocycles. The molecule has 2 aromatic carbocycles. The van der Waals surface area contributed by atoms with Crippen LogP contribution in [0, 0.1) is 0 Å². The largest absolute Gasteiger partial charge is 0.497 e. The van der Waals surface area contributed by atoms with E-state index in [1.807, 2.05) is 36.4 Å². The zero-order valence-corrected chi connectivity index (χ0v) is 16.3. The summed E-state index contributed by atoms with van der Waals surface area (Å²) in [5, 5.41) is 8.35. The zero-order valence-electron chi connectivity index (χ0n) is 15.5. The summed E-state index contributed by atoms with van der Waals surface area (Å²) in [6.45, 7) is 0. The average molecular weight is 395 g/mol. The molecule has 0 atom stereocenters. The van der Waals surface area contributed by atoms with Gasteiger partial charge in [-0.25, -0.2) is 4.40 Å². The van der Waals surface area contributed by atoms with Gasteiger partial charge in [0.1, 0.15) is 5.75 Å². The van der Waals surface area contributed by atoms with Gasteiger partial charge in [-0.05, 0) is 42.0 Å². The van der Waals surface area contributed by atoms with Crippen LogP contribution in [0.5, 0.6) is 17.2 Å². The minimum atomic E-state index is -0.161. The van der Waals surface area contributed by atoms with E-state index in [4.69, 9.17) is 14.2 Å². The van der Waals surface area contributed by atoms with Crippen LogP contribution in [0.4, 0.5) is 0 Å². The maximum atomic E-state index is 13.0. The highest BCUT2D eigenvalue weighted by molar-refractivity contribution is 7.15. The van der Waals surface area contributed by atoms with Crippen LogP contribution < -0.4 is 24.3 Å². The highest BCUT2D eigenvalue weighted by Crippen LogP contribution is 2.31. The fraction of sp³-hybridized carbons (Fsp3) is 0.150. The third-order valence-electron chi connectivity index (χ3n) is 4.30. The predicted octanol–water partition coefficient (Wildman–Crippen LogP) is 2.39. The van der Waals surface area contributed by atoms with Crippen LogP contribution >= 0.6 is 11.3 Å². The number of hydrogen-bond donors (Lipinski definition) is 0. The van der Waals surface area contributed by atoms with Crippen LogP contribution in [0.1, 0.15) is 5.56 Å². The Balaban J connectivity index is 1.83. The molecule has 2 aromatic heterocycles. The molecular formula is C20H17N3O4S. The molecule has 0 aliphatic rings. The standard InChI is InChI=1S/C20H17N3O4S/c1-25-14-7-4-12(5-8-14)10-17-19(24)23-18(21-22-20(23)28-17)13-6-9-15(26-2)16(11-13)27-3/h4-11H,1-3H3/b17-10-. The van der Waals surface area contributed by atoms with Crippen LogP contribution in [0.2, 0.25) is 0 Å². The average Bonchev–Trinajstić information content (AvgIpc) is 3.28. The maximum absolute atomic E-state index is 13.0. The van der Waals surface area contributed by atoms with Crippen molar-refractivity contribution >= 4 is 22.4 Å². The molecule has 0 spiro atoms. The molecule has 0 aliphatic carbocycles. The third-order valence-corrected chi connectivity index (χ3v) is 5.26. The second-order valence-electron chi connectivity index (χ2n) is 5.90. The quantitative estimate of drug-likeness (QED) is 0.517. The molecule has 7 nitrogen and oxygen atoms in total. The molecule has 0 radical (unpaired) electrons. The van der Waals surface area contributed by atoms with Crippen molar-refractivity contribution in [2.24, 2.45) is 0 Å². The van der Waals surface area contributed by atoms with Crippen LogP contribution in [-0.4, -0.2) is 35.9 Å². The summed E-state index contributed by atoms with van der Waals surface area (Å²) in [5.74, 6) is 2.39. The van der Waals surface area contributed by atoms with E-state index >= 15 is 0 Å². The van der Waals surface area contributed by atoms with Gasteiger partial charge in [-0.15, -0.1) is 10.2 Å². The Labute approximate surface area is 164 Å². The van der Waals surface area contributed by atoms with Crippen molar-refractivity contribution in [3.63, 3.8) is 0 Å². The number of methoxy groups -OCH3 is 3. The first-order valence-electron chi connectivity index (χ1n) is 8.40. The van der Waals surface area contributed by atoms with Crippen molar-refractivity contribution in [1.82, 2.24) is 14.6 Å². The van der Waals surface area contributed by atoms with Gasteiger partial charge in [0.05, 0.1) is 25.9 Å². The number of benzene rings is 2. The molecule has 0 N–H and O–H groups in total. The Morgan fingerprint density at radius 2 is 1.68 bits per heavy atom. The van der Waals surface area contributed by atoms with Crippen LogP contribution in [0.15, 0.2) is 47.3 Å². The lowest BCUT2D eigenvalue weighted by Gasteiger charge is -2.08. The Morgan fingerprint density at radius 3 is 2.36 bits per heavy atom. The molecule has 142 valence electrons. The number of aromatic nitrogens is 3. The second-order valence-corrected chi connectivity index (χ2v) is 6.91. The van der Waals surface area contributed by atoms with E-state index in [2.05, 4.69) is 10.2 Å². The number of ether oxygens (including phenoxy) is 3. The highest BCUT2D eigenvalue weighted by atomic mass is 32.1. The third kappa shape index (κ3) is 3.07. The normalized spacial score (nSPS) is 11.8. The monoisotopic (exact) mass is 395 g/mol. The number of nitrogens with zero attached hydrogens (tertiary/aromatic N) is 3. The molecule has 0 fully saturated rings. The minimum Gasteiger partial charge on any atom is -0.497 e. The molecule has 0 amide bonds. The van der Waals surface area contributed by atoms with Gasteiger partial charge in [0.2, 0.25) is 4.96 Å².